The topological polar surface area (TPSA) is 86.9 Å². The Kier molecular flexibility index (Phi) is 4.37. The van der Waals surface area contributed by atoms with Crippen molar-refractivity contribution in [3.63, 3.8) is 0 Å². The van der Waals surface area contributed by atoms with Crippen LogP contribution in [0.2, 0.25) is 0 Å². The number of ether oxygens (including phenoxy) is 3. The quantitative estimate of drug-likeness (QED) is 0.685. The number of hydrogen-bond donors (Lipinski definition) is 0. The maximum atomic E-state index is 12.3. The zero-order valence-corrected chi connectivity index (χ0v) is 14.8. The molecule has 0 bridgehead atoms. The fourth-order valence-corrected chi connectivity index (χ4v) is 2.87. The molecule has 0 aliphatic carbocycles. The lowest BCUT2D eigenvalue weighted by molar-refractivity contribution is -0.121. The lowest BCUT2D eigenvalue weighted by atomic mass is 10.2. The molecular formula is C19H17N3O5. The highest BCUT2D eigenvalue weighted by Crippen LogP contribution is 2.34. The first-order chi connectivity index (χ1) is 13.2. The van der Waals surface area contributed by atoms with Crippen LogP contribution in [0.4, 0.5) is 5.69 Å². The summed E-state index contributed by atoms with van der Waals surface area (Å²) in [6, 6.07) is 12.6. The molecule has 1 amide bonds. The molecule has 2 aromatic carbocycles. The van der Waals surface area contributed by atoms with E-state index in [-0.39, 0.29) is 19.1 Å². The highest BCUT2D eigenvalue weighted by atomic mass is 16.5. The third-order valence-corrected chi connectivity index (χ3v) is 4.21. The largest absolute Gasteiger partial charge is 0.497 e. The van der Waals surface area contributed by atoms with E-state index in [9.17, 15) is 4.79 Å². The predicted octanol–water partition coefficient (Wildman–Crippen LogP) is 2.68. The van der Waals surface area contributed by atoms with E-state index in [1.807, 2.05) is 24.3 Å². The van der Waals surface area contributed by atoms with Crippen molar-refractivity contribution in [1.82, 2.24) is 10.1 Å². The van der Waals surface area contributed by atoms with Crippen molar-refractivity contribution in [2.24, 2.45) is 0 Å². The van der Waals surface area contributed by atoms with Gasteiger partial charge in [-0.05, 0) is 24.3 Å². The number of para-hydroxylation sites is 2. The van der Waals surface area contributed by atoms with Crippen molar-refractivity contribution < 1.29 is 23.5 Å². The number of nitrogens with zero attached hydrogens (tertiary/aromatic N) is 3. The molecule has 0 spiro atoms. The number of benzene rings is 2. The third-order valence-electron chi connectivity index (χ3n) is 4.21. The number of rotatable bonds is 5. The molecule has 8 heteroatoms. The van der Waals surface area contributed by atoms with Crippen molar-refractivity contribution in [3.8, 4) is 28.7 Å². The van der Waals surface area contributed by atoms with Crippen LogP contribution in [0.1, 0.15) is 5.82 Å². The Morgan fingerprint density at radius 3 is 2.81 bits per heavy atom. The van der Waals surface area contributed by atoms with Gasteiger partial charge in [0.05, 0.1) is 32.0 Å². The SMILES string of the molecule is COc1ccc(-c2nc(CN3C(=O)COc4ccccc43)no2)c(OC)c1. The van der Waals surface area contributed by atoms with Crippen molar-refractivity contribution in [2.75, 3.05) is 25.7 Å². The molecule has 0 radical (unpaired) electrons. The van der Waals surface area contributed by atoms with Gasteiger partial charge in [-0.3, -0.25) is 9.69 Å². The zero-order chi connectivity index (χ0) is 18.8. The molecule has 1 aliphatic rings. The summed E-state index contributed by atoms with van der Waals surface area (Å²) in [4.78, 5) is 18.3. The zero-order valence-electron chi connectivity index (χ0n) is 14.8. The van der Waals surface area contributed by atoms with E-state index in [0.29, 0.717) is 40.2 Å². The summed E-state index contributed by atoms with van der Waals surface area (Å²) < 4.78 is 21.4. The number of anilines is 1. The highest BCUT2D eigenvalue weighted by molar-refractivity contribution is 5.97. The third kappa shape index (κ3) is 3.17. The summed E-state index contributed by atoms with van der Waals surface area (Å²) in [5.74, 6) is 2.38. The van der Waals surface area contributed by atoms with Crippen LogP contribution >= 0.6 is 0 Å². The molecule has 0 N–H and O–H groups in total. The van der Waals surface area contributed by atoms with Gasteiger partial charge in [0.2, 0.25) is 0 Å². The lowest BCUT2D eigenvalue weighted by Gasteiger charge is -2.28. The number of amides is 1. The maximum absolute atomic E-state index is 12.3. The first-order valence-electron chi connectivity index (χ1n) is 8.27. The minimum atomic E-state index is -0.165. The summed E-state index contributed by atoms with van der Waals surface area (Å²) >= 11 is 0. The van der Waals surface area contributed by atoms with Gasteiger partial charge in [-0.25, -0.2) is 0 Å². The lowest BCUT2D eigenvalue weighted by Crippen LogP contribution is -2.38. The average Bonchev–Trinajstić information content (AvgIpc) is 3.18. The Morgan fingerprint density at radius 2 is 2.00 bits per heavy atom. The molecule has 1 aromatic heterocycles. The van der Waals surface area contributed by atoms with E-state index < -0.39 is 0 Å². The summed E-state index contributed by atoms with van der Waals surface area (Å²) in [5.41, 5.74) is 1.33. The monoisotopic (exact) mass is 367 g/mol. The van der Waals surface area contributed by atoms with Gasteiger partial charge in [0, 0.05) is 6.07 Å². The predicted molar refractivity (Wildman–Crippen MR) is 96.0 cm³/mol. The van der Waals surface area contributed by atoms with Gasteiger partial charge >= 0.3 is 0 Å². The van der Waals surface area contributed by atoms with E-state index >= 15 is 0 Å². The molecule has 138 valence electrons. The molecule has 8 nitrogen and oxygen atoms in total. The maximum Gasteiger partial charge on any atom is 0.265 e. The Labute approximate surface area is 155 Å². The van der Waals surface area contributed by atoms with Crippen molar-refractivity contribution in [2.45, 2.75) is 6.54 Å². The minimum absolute atomic E-state index is 0.0198. The number of carbonyl (C=O) groups excluding carboxylic acids is 1. The van der Waals surface area contributed by atoms with Gasteiger partial charge in [0.1, 0.15) is 17.2 Å². The minimum Gasteiger partial charge on any atom is -0.497 e. The molecule has 0 saturated heterocycles. The Hall–Kier alpha value is -3.55. The molecule has 1 aliphatic heterocycles. The number of carbonyl (C=O) groups is 1. The molecule has 27 heavy (non-hydrogen) atoms. The number of methoxy groups -OCH3 is 2. The second kappa shape index (κ2) is 6.99. The summed E-state index contributed by atoms with van der Waals surface area (Å²) in [7, 11) is 3.13. The average molecular weight is 367 g/mol. The van der Waals surface area contributed by atoms with Crippen molar-refractivity contribution >= 4 is 11.6 Å². The van der Waals surface area contributed by atoms with Crippen LogP contribution in [0.15, 0.2) is 47.0 Å². The molecule has 2 heterocycles. The summed E-state index contributed by atoms with van der Waals surface area (Å²) in [6.45, 7) is 0.162. The van der Waals surface area contributed by atoms with E-state index in [0.717, 1.165) is 0 Å². The molecule has 0 fully saturated rings. The second-order valence-electron chi connectivity index (χ2n) is 5.82. The Morgan fingerprint density at radius 1 is 1.15 bits per heavy atom. The first-order valence-corrected chi connectivity index (χ1v) is 8.27. The molecular weight excluding hydrogens is 350 g/mol. The Balaban J connectivity index is 1.62. The standard InChI is InChI=1S/C19H17N3O5/c1-24-12-7-8-13(16(9-12)25-2)19-20-17(21-27-19)10-22-14-5-3-4-6-15(14)26-11-18(22)23/h3-9H,10-11H2,1-2H3. The van der Waals surface area contributed by atoms with Crippen LogP contribution in [0.5, 0.6) is 17.2 Å². The number of hydrogen-bond acceptors (Lipinski definition) is 7. The van der Waals surface area contributed by atoms with Crippen LogP contribution in [0, 0.1) is 0 Å². The Bertz CT molecular complexity index is 985. The van der Waals surface area contributed by atoms with Crippen LogP contribution in [-0.2, 0) is 11.3 Å². The van der Waals surface area contributed by atoms with Crippen molar-refractivity contribution in [3.05, 3.63) is 48.3 Å². The molecule has 4 rings (SSSR count). The molecule has 3 aromatic rings. The van der Waals surface area contributed by atoms with E-state index in [1.165, 1.54) is 0 Å². The van der Waals surface area contributed by atoms with Crippen LogP contribution in [0.3, 0.4) is 0 Å². The fourth-order valence-electron chi connectivity index (χ4n) is 2.87. The summed E-state index contributed by atoms with van der Waals surface area (Å²) in [5, 5.41) is 4.00. The number of fused-ring (bicyclic) bond motifs is 1. The second-order valence-corrected chi connectivity index (χ2v) is 5.82. The summed E-state index contributed by atoms with van der Waals surface area (Å²) in [6.07, 6.45) is 0. The van der Waals surface area contributed by atoms with Gasteiger partial charge in [0.25, 0.3) is 11.8 Å². The molecule has 0 atom stereocenters. The van der Waals surface area contributed by atoms with Crippen LogP contribution < -0.4 is 19.1 Å². The first kappa shape index (κ1) is 16.9. The fraction of sp³-hybridized carbons (Fsp3) is 0.211. The normalized spacial score (nSPS) is 13.1. The van der Waals surface area contributed by atoms with Crippen LogP contribution in [-0.4, -0.2) is 36.9 Å². The van der Waals surface area contributed by atoms with E-state index in [1.54, 1.807) is 37.3 Å². The highest BCUT2D eigenvalue weighted by Gasteiger charge is 2.27. The van der Waals surface area contributed by atoms with E-state index in [2.05, 4.69) is 10.1 Å². The van der Waals surface area contributed by atoms with Gasteiger partial charge < -0.3 is 18.7 Å². The van der Waals surface area contributed by atoms with Gasteiger partial charge in [-0.2, -0.15) is 4.98 Å². The molecule has 0 saturated carbocycles. The van der Waals surface area contributed by atoms with Gasteiger partial charge in [-0.1, -0.05) is 17.3 Å². The number of aromatic nitrogens is 2. The van der Waals surface area contributed by atoms with Gasteiger partial charge in [0.15, 0.2) is 12.4 Å². The van der Waals surface area contributed by atoms with Gasteiger partial charge in [-0.15, -0.1) is 0 Å². The molecule has 0 unspecified atom stereocenters. The smallest absolute Gasteiger partial charge is 0.265 e. The van der Waals surface area contributed by atoms with E-state index in [4.69, 9.17) is 18.7 Å². The van der Waals surface area contributed by atoms with Crippen LogP contribution in [0.25, 0.3) is 11.5 Å². The van der Waals surface area contributed by atoms with Crippen molar-refractivity contribution in [1.29, 1.82) is 0 Å².